The second kappa shape index (κ2) is 5.71. The van der Waals surface area contributed by atoms with Gasteiger partial charge in [-0.15, -0.1) is 16.2 Å². The summed E-state index contributed by atoms with van der Waals surface area (Å²) in [6.07, 6.45) is -2.17. The van der Waals surface area contributed by atoms with Crippen LogP contribution in [0.1, 0.15) is 17.4 Å². The Kier molecular flexibility index (Phi) is 4.56. The molecule has 16 heavy (non-hydrogen) atoms. The third-order valence-electron chi connectivity index (χ3n) is 1.63. The molecule has 0 saturated heterocycles. The molecule has 0 aromatic carbocycles. The smallest absolute Gasteiger partial charge is 0.405 e. The molecule has 0 bridgehead atoms. The van der Waals surface area contributed by atoms with Crippen molar-refractivity contribution in [3.8, 4) is 0 Å². The van der Waals surface area contributed by atoms with Crippen LogP contribution < -0.4 is 5.73 Å². The molecule has 0 unspecified atom stereocenters. The van der Waals surface area contributed by atoms with E-state index in [9.17, 15) is 14.5 Å². The van der Waals surface area contributed by atoms with E-state index >= 15 is 0 Å². The lowest BCUT2D eigenvalue weighted by Crippen LogP contribution is -2.18. The summed E-state index contributed by atoms with van der Waals surface area (Å²) in [7, 11) is 0. The summed E-state index contributed by atoms with van der Waals surface area (Å²) in [5, 5.41) is 2.24. The van der Waals surface area contributed by atoms with E-state index in [0.29, 0.717) is 4.88 Å². The van der Waals surface area contributed by atoms with Gasteiger partial charge in [0, 0.05) is 10.1 Å². The maximum atomic E-state index is 10.9. The van der Waals surface area contributed by atoms with Gasteiger partial charge in [0.1, 0.15) is 6.10 Å². The van der Waals surface area contributed by atoms with E-state index in [-0.39, 0.29) is 6.42 Å². The van der Waals surface area contributed by atoms with Gasteiger partial charge in [-0.25, -0.2) is 4.79 Å². The number of hydrogen-bond acceptors (Lipinski definition) is 5. The van der Waals surface area contributed by atoms with Crippen molar-refractivity contribution in [3.05, 3.63) is 25.7 Å². The van der Waals surface area contributed by atoms with Gasteiger partial charge < -0.3 is 10.5 Å². The maximum Gasteiger partial charge on any atom is 0.405 e. The molecule has 0 radical (unpaired) electrons. The fourth-order valence-corrected chi connectivity index (χ4v) is 2.49. The molecule has 0 fully saturated rings. The first-order valence-electron chi connectivity index (χ1n) is 4.10. The third-order valence-corrected chi connectivity index (χ3v) is 3.35. The topological polar surface area (TPSA) is 98.8 Å². The minimum absolute atomic E-state index is 0.306. The van der Waals surface area contributed by atoms with Crippen molar-refractivity contribution < 1.29 is 14.3 Å². The number of nitrogens with zero attached hydrogens (tertiary/aromatic N) is 1. The Morgan fingerprint density at radius 1 is 1.56 bits per heavy atom. The van der Waals surface area contributed by atoms with Crippen LogP contribution in [-0.4, -0.2) is 12.0 Å². The Labute approximate surface area is 103 Å². The number of halogens is 1. The van der Waals surface area contributed by atoms with Gasteiger partial charge in [0.15, 0.2) is 0 Å². The molecule has 0 aliphatic rings. The fourth-order valence-electron chi connectivity index (χ4n) is 1.04. The Hall–Kier alpha value is -1.28. The SMILES string of the molecule is NC(=O)O[C@@H](CC(=O)N=O)c1ccc(Br)s1. The minimum atomic E-state index is -1.01. The fraction of sp³-hybridized carbons (Fsp3) is 0.250. The second-order valence-electron chi connectivity index (χ2n) is 2.76. The number of carbonyl (C=O) groups is 2. The van der Waals surface area contributed by atoms with Crippen molar-refractivity contribution in [3.63, 3.8) is 0 Å². The van der Waals surface area contributed by atoms with Crippen LogP contribution in [0.2, 0.25) is 0 Å². The lowest BCUT2D eigenvalue weighted by atomic mass is 10.2. The van der Waals surface area contributed by atoms with E-state index in [1.807, 2.05) is 0 Å². The predicted molar refractivity (Wildman–Crippen MR) is 60.8 cm³/mol. The quantitative estimate of drug-likeness (QED) is 0.863. The summed E-state index contributed by atoms with van der Waals surface area (Å²) < 4.78 is 5.54. The summed E-state index contributed by atoms with van der Waals surface area (Å²) in [5.41, 5.74) is 4.87. The minimum Gasteiger partial charge on any atom is -0.440 e. The molecule has 1 aromatic heterocycles. The molecule has 86 valence electrons. The summed E-state index contributed by atoms with van der Waals surface area (Å²) >= 11 is 4.50. The van der Waals surface area contributed by atoms with E-state index in [4.69, 9.17) is 10.5 Å². The monoisotopic (exact) mass is 306 g/mol. The number of primary amides is 1. The van der Waals surface area contributed by atoms with Crippen molar-refractivity contribution in [1.82, 2.24) is 0 Å². The molecule has 6 nitrogen and oxygen atoms in total. The zero-order valence-corrected chi connectivity index (χ0v) is 10.3. The molecule has 0 aliphatic heterocycles. The first kappa shape index (κ1) is 12.8. The van der Waals surface area contributed by atoms with Crippen LogP contribution in [0.5, 0.6) is 0 Å². The van der Waals surface area contributed by atoms with Crippen LogP contribution in [0.3, 0.4) is 0 Å². The molecule has 0 aliphatic carbocycles. The standard InChI is InChI=1S/C8H7BrN2O4S/c9-6-2-1-5(16-6)4(15-8(10)13)3-7(12)11-14/h1-2,4H,3H2,(H2,10,13)/t4-/m0/s1. The summed E-state index contributed by atoms with van der Waals surface area (Å²) in [5.74, 6) is -0.893. The van der Waals surface area contributed by atoms with E-state index in [2.05, 4.69) is 21.1 Å². The number of nitrogens with two attached hydrogens (primary N) is 1. The van der Waals surface area contributed by atoms with Crippen molar-refractivity contribution in [1.29, 1.82) is 0 Å². The van der Waals surface area contributed by atoms with E-state index in [1.165, 1.54) is 11.3 Å². The van der Waals surface area contributed by atoms with Crippen LogP contribution >= 0.6 is 27.3 Å². The summed E-state index contributed by atoms with van der Waals surface area (Å²) in [6.45, 7) is 0. The number of ether oxygens (including phenoxy) is 1. The van der Waals surface area contributed by atoms with Crippen molar-refractivity contribution >= 4 is 39.3 Å². The lowest BCUT2D eigenvalue weighted by molar-refractivity contribution is -0.119. The van der Waals surface area contributed by atoms with Gasteiger partial charge in [0.2, 0.25) is 0 Å². The molecule has 2 N–H and O–H groups in total. The number of rotatable bonds is 4. The zero-order valence-electron chi connectivity index (χ0n) is 7.88. The van der Waals surface area contributed by atoms with Gasteiger partial charge >= 0.3 is 6.09 Å². The molecular formula is C8H7BrN2O4S. The lowest BCUT2D eigenvalue weighted by Gasteiger charge is -2.12. The molecule has 2 amide bonds. The number of amides is 2. The van der Waals surface area contributed by atoms with Crippen molar-refractivity contribution in [2.75, 3.05) is 0 Å². The van der Waals surface area contributed by atoms with E-state index < -0.39 is 18.1 Å². The first-order valence-corrected chi connectivity index (χ1v) is 5.71. The van der Waals surface area contributed by atoms with Gasteiger partial charge in [0.25, 0.3) is 5.91 Å². The Balaban J connectivity index is 2.82. The molecule has 1 atom stereocenters. The zero-order chi connectivity index (χ0) is 12.1. The highest BCUT2D eigenvalue weighted by Gasteiger charge is 2.21. The highest BCUT2D eigenvalue weighted by Crippen LogP contribution is 2.31. The Morgan fingerprint density at radius 3 is 2.69 bits per heavy atom. The third kappa shape index (κ3) is 3.70. The molecule has 1 aromatic rings. The number of carbonyl (C=O) groups excluding carboxylic acids is 2. The van der Waals surface area contributed by atoms with Gasteiger partial charge in [-0.05, 0) is 28.1 Å². The Morgan fingerprint density at radius 2 is 2.25 bits per heavy atom. The number of thiophene rings is 1. The molecular weight excluding hydrogens is 300 g/mol. The molecule has 1 heterocycles. The predicted octanol–water partition coefficient (Wildman–Crippen LogP) is 2.33. The average molecular weight is 307 g/mol. The number of nitroso groups, excluding NO2 is 1. The van der Waals surface area contributed by atoms with Crippen LogP contribution in [0.4, 0.5) is 4.79 Å². The largest absolute Gasteiger partial charge is 0.440 e. The van der Waals surface area contributed by atoms with Gasteiger partial charge in [-0.2, -0.15) is 0 Å². The van der Waals surface area contributed by atoms with Crippen molar-refractivity contribution in [2.45, 2.75) is 12.5 Å². The van der Waals surface area contributed by atoms with Crippen LogP contribution in [-0.2, 0) is 9.53 Å². The average Bonchev–Trinajstić information content (AvgIpc) is 2.63. The molecule has 0 spiro atoms. The van der Waals surface area contributed by atoms with Crippen molar-refractivity contribution in [2.24, 2.45) is 10.9 Å². The van der Waals surface area contributed by atoms with E-state index in [0.717, 1.165) is 3.79 Å². The Bertz CT molecular complexity index is 420. The maximum absolute atomic E-state index is 10.9. The summed E-state index contributed by atoms with van der Waals surface area (Å²) in [4.78, 5) is 32.1. The number of hydrogen-bond donors (Lipinski definition) is 1. The van der Waals surface area contributed by atoms with Gasteiger partial charge in [0.05, 0.1) is 10.2 Å². The highest BCUT2D eigenvalue weighted by molar-refractivity contribution is 9.11. The van der Waals surface area contributed by atoms with Crippen LogP contribution in [0.15, 0.2) is 21.1 Å². The highest BCUT2D eigenvalue weighted by atomic mass is 79.9. The normalized spacial score (nSPS) is 11.8. The van der Waals surface area contributed by atoms with Gasteiger partial charge in [-0.3, -0.25) is 4.79 Å². The molecule has 0 saturated carbocycles. The molecule has 8 heteroatoms. The van der Waals surface area contributed by atoms with Crippen LogP contribution in [0, 0.1) is 4.91 Å². The summed E-state index contributed by atoms with van der Waals surface area (Å²) in [6, 6.07) is 3.40. The second-order valence-corrected chi connectivity index (χ2v) is 5.25. The first-order chi connectivity index (χ1) is 7.52. The van der Waals surface area contributed by atoms with E-state index in [1.54, 1.807) is 12.1 Å². The molecule has 1 rings (SSSR count). The van der Waals surface area contributed by atoms with Crippen LogP contribution in [0.25, 0.3) is 0 Å². The van der Waals surface area contributed by atoms with Gasteiger partial charge in [-0.1, -0.05) is 0 Å².